The van der Waals surface area contributed by atoms with Crippen molar-refractivity contribution in [1.82, 2.24) is 15.2 Å². The summed E-state index contributed by atoms with van der Waals surface area (Å²) in [5.74, 6) is 0.922. The van der Waals surface area contributed by atoms with E-state index in [0.29, 0.717) is 42.7 Å². The minimum Gasteiger partial charge on any atom is -0.490 e. The SMILES string of the molecule is C=C(c1ccc(C(=O)NC2CCC(Oc3ccc(C(F)(F)F)cc3)CC2)nc1)N1CCC(Oc2ccc(C#N)cc2)CC1. The van der Waals surface area contributed by atoms with Gasteiger partial charge in [0.05, 0.1) is 23.3 Å². The fraction of sp³-hybridized carbons (Fsp3) is 0.364. The molecule has 5 rings (SSSR count). The fourth-order valence-corrected chi connectivity index (χ4v) is 5.42. The smallest absolute Gasteiger partial charge is 0.416 e. The molecule has 1 amide bonds. The quantitative estimate of drug-likeness (QED) is 0.318. The predicted octanol–water partition coefficient (Wildman–Crippen LogP) is 6.61. The van der Waals surface area contributed by atoms with Crippen LogP contribution in [0.5, 0.6) is 11.5 Å². The van der Waals surface area contributed by atoms with Gasteiger partial charge in [-0.05, 0) is 86.3 Å². The van der Waals surface area contributed by atoms with Gasteiger partial charge < -0.3 is 19.7 Å². The van der Waals surface area contributed by atoms with Gasteiger partial charge in [0, 0.05) is 49.4 Å². The normalized spacial score (nSPS) is 19.3. The van der Waals surface area contributed by atoms with Crippen LogP contribution in [-0.4, -0.2) is 47.1 Å². The Morgan fingerprint density at radius 1 is 0.884 bits per heavy atom. The molecule has 1 aromatic heterocycles. The molecule has 0 spiro atoms. The molecule has 2 aromatic carbocycles. The van der Waals surface area contributed by atoms with Crippen molar-refractivity contribution in [3.05, 3.63) is 95.8 Å². The number of aromatic nitrogens is 1. The molecule has 1 saturated carbocycles. The number of carbonyl (C=O) groups excluding carboxylic acids is 1. The third-order valence-corrected chi connectivity index (χ3v) is 7.93. The number of alkyl halides is 3. The summed E-state index contributed by atoms with van der Waals surface area (Å²) in [5, 5.41) is 12.0. The molecule has 7 nitrogen and oxygen atoms in total. The lowest BCUT2D eigenvalue weighted by Gasteiger charge is -2.34. The minimum absolute atomic E-state index is 0.0239. The average Bonchev–Trinajstić information content (AvgIpc) is 3.02. The molecule has 0 radical (unpaired) electrons. The second kappa shape index (κ2) is 13.2. The number of nitrogens with zero attached hydrogens (tertiary/aromatic N) is 3. The number of rotatable bonds is 8. The van der Waals surface area contributed by atoms with Gasteiger partial charge in [-0.2, -0.15) is 18.4 Å². The molecule has 1 aliphatic heterocycles. The van der Waals surface area contributed by atoms with Crippen LogP contribution >= 0.6 is 0 Å². The number of nitriles is 1. The van der Waals surface area contributed by atoms with Crippen molar-refractivity contribution >= 4 is 11.6 Å². The molecule has 0 bridgehead atoms. The molecule has 1 N–H and O–H groups in total. The second-order valence-electron chi connectivity index (χ2n) is 10.9. The summed E-state index contributed by atoms with van der Waals surface area (Å²) in [7, 11) is 0. The average molecular weight is 591 g/mol. The minimum atomic E-state index is -4.37. The van der Waals surface area contributed by atoms with Crippen molar-refractivity contribution in [3.63, 3.8) is 0 Å². The highest BCUT2D eigenvalue weighted by Gasteiger charge is 2.30. The van der Waals surface area contributed by atoms with E-state index >= 15 is 0 Å². The summed E-state index contributed by atoms with van der Waals surface area (Å²) in [6.45, 7) is 5.82. The lowest BCUT2D eigenvalue weighted by Crippen LogP contribution is -2.40. The van der Waals surface area contributed by atoms with E-state index in [2.05, 4.69) is 27.8 Å². The number of carbonyl (C=O) groups is 1. The largest absolute Gasteiger partial charge is 0.490 e. The van der Waals surface area contributed by atoms with E-state index < -0.39 is 11.7 Å². The molecule has 224 valence electrons. The lowest BCUT2D eigenvalue weighted by atomic mass is 9.92. The zero-order chi connectivity index (χ0) is 30.4. The van der Waals surface area contributed by atoms with Gasteiger partial charge in [0.2, 0.25) is 0 Å². The third kappa shape index (κ3) is 7.86. The zero-order valence-electron chi connectivity index (χ0n) is 23.6. The molecule has 2 heterocycles. The topological polar surface area (TPSA) is 87.5 Å². The Kier molecular flexibility index (Phi) is 9.19. The molecule has 1 aliphatic carbocycles. The van der Waals surface area contributed by atoms with E-state index in [-0.39, 0.29) is 24.2 Å². The van der Waals surface area contributed by atoms with E-state index in [4.69, 9.17) is 14.7 Å². The molecule has 43 heavy (non-hydrogen) atoms. The second-order valence-corrected chi connectivity index (χ2v) is 10.9. The Bertz CT molecular complexity index is 1440. The van der Waals surface area contributed by atoms with Gasteiger partial charge in [0.25, 0.3) is 5.91 Å². The van der Waals surface area contributed by atoms with Gasteiger partial charge in [-0.25, -0.2) is 0 Å². The van der Waals surface area contributed by atoms with Crippen LogP contribution in [0.25, 0.3) is 5.70 Å². The van der Waals surface area contributed by atoms with Crippen LogP contribution in [-0.2, 0) is 6.18 Å². The van der Waals surface area contributed by atoms with E-state index in [9.17, 15) is 18.0 Å². The van der Waals surface area contributed by atoms with Crippen LogP contribution in [0.2, 0.25) is 0 Å². The molecule has 10 heteroatoms. The molecule has 3 aromatic rings. The van der Waals surface area contributed by atoms with Gasteiger partial charge in [-0.3, -0.25) is 9.78 Å². The number of amides is 1. The molecule has 1 saturated heterocycles. The van der Waals surface area contributed by atoms with Crippen LogP contribution < -0.4 is 14.8 Å². The van der Waals surface area contributed by atoms with Gasteiger partial charge in [0.15, 0.2) is 0 Å². The Morgan fingerprint density at radius 2 is 1.47 bits per heavy atom. The monoisotopic (exact) mass is 590 g/mol. The van der Waals surface area contributed by atoms with Gasteiger partial charge >= 0.3 is 6.18 Å². The Morgan fingerprint density at radius 3 is 2.00 bits per heavy atom. The first-order valence-corrected chi connectivity index (χ1v) is 14.4. The summed E-state index contributed by atoms with van der Waals surface area (Å²) in [4.78, 5) is 19.4. The predicted molar refractivity (Wildman–Crippen MR) is 155 cm³/mol. The zero-order valence-corrected chi connectivity index (χ0v) is 23.6. The summed E-state index contributed by atoms with van der Waals surface area (Å²) in [5.41, 5.74) is 1.93. The van der Waals surface area contributed by atoms with Crippen LogP contribution in [0.3, 0.4) is 0 Å². The highest BCUT2D eigenvalue weighted by molar-refractivity contribution is 5.92. The van der Waals surface area contributed by atoms with Crippen molar-refractivity contribution in [1.29, 1.82) is 5.26 Å². The molecule has 0 unspecified atom stereocenters. The molecular weight excluding hydrogens is 557 g/mol. The summed E-state index contributed by atoms with van der Waals surface area (Å²) in [6.07, 6.45) is 1.74. The number of ether oxygens (including phenoxy) is 2. The third-order valence-electron chi connectivity index (χ3n) is 7.93. The van der Waals surface area contributed by atoms with Crippen molar-refractivity contribution in [2.45, 2.75) is 63.0 Å². The molecule has 0 atom stereocenters. The fourth-order valence-electron chi connectivity index (χ4n) is 5.42. The summed E-state index contributed by atoms with van der Waals surface area (Å²) >= 11 is 0. The molecule has 2 aliphatic rings. The molecule has 2 fully saturated rings. The maximum Gasteiger partial charge on any atom is 0.416 e. The van der Waals surface area contributed by atoms with Crippen LogP contribution in [0.4, 0.5) is 13.2 Å². The Balaban J connectivity index is 1.04. The lowest BCUT2D eigenvalue weighted by molar-refractivity contribution is -0.137. The summed E-state index contributed by atoms with van der Waals surface area (Å²) < 4.78 is 50.3. The highest BCUT2D eigenvalue weighted by atomic mass is 19.4. The van der Waals surface area contributed by atoms with Crippen molar-refractivity contribution in [3.8, 4) is 17.6 Å². The number of hydrogen-bond acceptors (Lipinski definition) is 6. The number of halogens is 3. The van der Waals surface area contributed by atoms with Gasteiger partial charge in [0.1, 0.15) is 23.3 Å². The standard InChI is InChI=1S/C33H33F3N4O3/c1-22(40-18-16-30(17-19-40)43-27-9-2-23(20-37)3-10-27)24-4-15-31(38-21-24)32(41)39-26-7-13-29(14-8-26)42-28-11-5-25(6-12-28)33(34,35)36/h2-6,9-12,15,21,26,29-30H,1,7-8,13-14,16-19H2,(H,39,41). The van der Waals surface area contributed by atoms with E-state index in [0.717, 1.165) is 55.1 Å². The van der Waals surface area contributed by atoms with Gasteiger partial charge in [-0.1, -0.05) is 6.58 Å². The van der Waals surface area contributed by atoms with Crippen molar-refractivity contribution < 1.29 is 27.4 Å². The van der Waals surface area contributed by atoms with Crippen molar-refractivity contribution in [2.75, 3.05) is 13.1 Å². The Hall–Kier alpha value is -4.52. The first-order valence-electron chi connectivity index (χ1n) is 14.4. The van der Waals surface area contributed by atoms with E-state index in [1.54, 1.807) is 24.4 Å². The number of benzene rings is 2. The first kappa shape index (κ1) is 30.0. The number of nitrogens with one attached hydrogen (secondary N) is 1. The van der Waals surface area contributed by atoms with Gasteiger partial charge in [-0.15, -0.1) is 0 Å². The summed E-state index contributed by atoms with van der Waals surface area (Å²) in [6, 6.07) is 17.5. The maximum atomic E-state index is 12.8. The maximum absolute atomic E-state index is 12.8. The number of pyridine rings is 1. The Labute approximate surface area is 248 Å². The van der Waals surface area contributed by atoms with Crippen molar-refractivity contribution in [2.24, 2.45) is 0 Å². The van der Waals surface area contributed by atoms with Crippen LogP contribution in [0.1, 0.15) is 65.7 Å². The van der Waals surface area contributed by atoms with Crippen LogP contribution in [0.15, 0.2) is 73.4 Å². The number of likely N-dealkylation sites (tertiary alicyclic amines) is 1. The van der Waals surface area contributed by atoms with E-state index in [1.165, 1.54) is 12.1 Å². The first-order chi connectivity index (χ1) is 20.7. The molecular formula is C33H33F3N4O3. The number of piperidine rings is 1. The van der Waals surface area contributed by atoms with Crippen LogP contribution in [0, 0.1) is 11.3 Å². The van der Waals surface area contributed by atoms with E-state index in [1.807, 2.05) is 18.2 Å². The highest BCUT2D eigenvalue weighted by Crippen LogP contribution is 2.31. The number of hydrogen-bond donors (Lipinski definition) is 1.